The number of carboxylic acid groups (broad SMARTS) is 1. The Balaban J connectivity index is 2.53. The number of likely N-dealkylation sites (N-methyl/N-ethyl adjacent to an activating group) is 1. The van der Waals surface area contributed by atoms with Gasteiger partial charge in [-0.1, -0.05) is 12.1 Å². The van der Waals surface area contributed by atoms with Crippen LogP contribution in [0.25, 0.3) is 0 Å². The number of carbonyl (C=O) groups is 1. The van der Waals surface area contributed by atoms with Gasteiger partial charge in [0.2, 0.25) is 0 Å². The van der Waals surface area contributed by atoms with Crippen molar-refractivity contribution in [2.24, 2.45) is 0 Å². The highest BCUT2D eigenvalue weighted by Crippen LogP contribution is 2.09. The van der Waals surface area contributed by atoms with Crippen LogP contribution in [0.3, 0.4) is 0 Å². The van der Waals surface area contributed by atoms with Crippen LogP contribution >= 0.6 is 0 Å². The molecular weight excluding hydrogens is 230 g/mol. The van der Waals surface area contributed by atoms with E-state index in [1.165, 1.54) is 0 Å². The average molecular weight is 251 g/mol. The van der Waals surface area contributed by atoms with Crippen molar-refractivity contribution in [2.75, 3.05) is 20.3 Å². The molecule has 0 aliphatic heterocycles. The van der Waals surface area contributed by atoms with Crippen LogP contribution in [-0.2, 0) is 11.3 Å². The van der Waals surface area contributed by atoms with Crippen LogP contribution in [0, 0.1) is 0 Å². The van der Waals surface area contributed by atoms with Crippen molar-refractivity contribution in [1.29, 1.82) is 0 Å². The lowest BCUT2D eigenvalue weighted by molar-refractivity contribution is 0.0697. The lowest BCUT2D eigenvalue weighted by Crippen LogP contribution is -2.32. The Morgan fingerprint density at radius 2 is 2.00 bits per heavy atom. The predicted molar refractivity (Wildman–Crippen MR) is 70.8 cm³/mol. The minimum absolute atomic E-state index is 0.323. The molecule has 100 valence electrons. The summed E-state index contributed by atoms with van der Waals surface area (Å²) in [5.41, 5.74) is 1.43. The van der Waals surface area contributed by atoms with Crippen molar-refractivity contribution in [3.63, 3.8) is 0 Å². The van der Waals surface area contributed by atoms with Crippen LogP contribution < -0.4 is 0 Å². The molecule has 0 bridgehead atoms. The third kappa shape index (κ3) is 4.47. The molecule has 1 rings (SSSR count). The number of nitrogens with zero attached hydrogens (tertiary/aromatic N) is 1. The van der Waals surface area contributed by atoms with Crippen LogP contribution in [0.5, 0.6) is 0 Å². The van der Waals surface area contributed by atoms with Crippen LogP contribution in [-0.4, -0.2) is 42.3 Å². The van der Waals surface area contributed by atoms with E-state index >= 15 is 0 Å². The molecule has 4 heteroatoms. The van der Waals surface area contributed by atoms with Gasteiger partial charge in [0.25, 0.3) is 0 Å². The van der Waals surface area contributed by atoms with Crippen molar-refractivity contribution >= 4 is 5.97 Å². The smallest absolute Gasteiger partial charge is 0.335 e. The summed E-state index contributed by atoms with van der Waals surface area (Å²) in [6.45, 7) is 6.32. The molecule has 0 heterocycles. The molecule has 0 aromatic heterocycles. The average Bonchev–Trinajstić information content (AvgIpc) is 2.36. The first-order valence-corrected chi connectivity index (χ1v) is 6.14. The molecule has 0 saturated heterocycles. The molecule has 4 nitrogen and oxygen atoms in total. The third-order valence-electron chi connectivity index (χ3n) is 2.95. The molecule has 0 spiro atoms. The monoisotopic (exact) mass is 251 g/mol. The Bertz CT molecular complexity index is 375. The first-order valence-electron chi connectivity index (χ1n) is 6.14. The van der Waals surface area contributed by atoms with E-state index in [0.29, 0.717) is 18.2 Å². The number of hydrogen-bond donors (Lipinski definition) is 1. The predicted octanol–water partition coefficient (Wildman–Crippen LogP) is 2.24. The maximum Gasteiger partial charge on any atom is 0.335 e. The molecule has 1 N–H and O–H groups in total. The summed E-state index contributed by atoms with van der Waals surface area (Å²) < 4.78 is 5.39. The van der Waals surface area contributed by atoms with Crippen molar-refractivity contribution in [1.82, 2.24) is 4.90 Å². The van der Waals surface area contributed by atoms with Crippen molar-refractivity contribution in [3.8, 4) is 0 Å². The molecule has 1 aromatic carbocycles. The van der Waals surface area contributed by atoms with Gasteiger partial charge in [-0.15, -0.1) is 0 Å². The molecular formula is C14H21NO3. The van der Waals surface area contributed by atoms with E-state index in [4.69, 9.17) is 9.84 Å². The van der Waals surface area contributed by atoms with Crippen LogP contribution in [0.4, 0.5) is 0 Å². The highest BCUT2D eigenvalue weighted by molar-refractivity contribution is 5.87. The van der Waals surface area contributed by atoms with Gasteiger partial charge in [0.15, 0.2) is 0 Å². The van der Waals surface area contributed by atoms with Crippen molar-refractivity contribution < 1.29 is 14.6 Å². The third-order valence-corrected chi connectivity index (χ3v) is 2.95. The minimum Gasteiger partial charge on any atom is -0.478 e. The molecule has 1 unspecified atom stereocenters. The summed E-state index contributed by atoms with van der Waals surface area (Å²) in [4.78, 5) is 12.9. The van der Waals surface area contributed by atoms with Crippen LogP contribution in [0.15, 0.2) is 24.3 Å². The fourth-order valence-corrected chi connectivity index (χ4v) is 1.61. The zero-order chi connectivity index (χ0) is 13.5. The summed E-state index contributed by atoms with van der Waals surface area (Å²) in [5.74, 6) is -0.889. The zero-order valence-corrected chi connectivity index (χ0v) is 11.2. The molecule has 0 aliphatic rings. The van der Waals surface area contributed by atoms with Gasteiger partial charge >= 0.3 is 5.97 Å². The molecule has 0 radical (unpaired) electrons. The van der Waals surface area contributed by atoms with Gasteiger partial charge in [-0.2, -0.15) is 0 Å². The second-order valence-corrected chi connectivity index (χ2v) is 4.43. The van der Waals surface area contributed by atoms with E-state index in [9.17, 15) is 4.79 Å². The topological polar surface area (TPSA) is 49.8 Å². The van der Waals surface area contributed by atoms with E-state index in [2.05, 4.69) is 11.8 Å². The molecule has 0 saturated carbocycles. The van der Waals surface area contributed by atoms with Gasteiger partial charge in [0.1, 0.15) is 0 Å². The minimum atomic E-state index is -0.889. The number of carboxylic acids is 1. The molecule has 18 heavy (non-hydrogen) atoms. The van der Waals surface area contributed by atoms with E-state index in [0.717, 1.165) is 18.7 Å². The molecule has 1 atom stereocenters. The van der Waals surface area contributed by atoms with E-state index in [-0.39, 0.29) is 0 Å². The van der Waals surface area contributed by atoms with E-state index < -0.39 is 5.97 Å². The first kappa shape index (κ1) is 14.7. The summed E-state index contributed by atoms with van der Waals surface area (Å²) >= 11 is 0. The molecule has 0 fully saturated rings. The summed E-state index contributed by atoms with van der Waals surface area (Å²) in [5, 5.41) is 8.82. The fraction of sp³-hybridized carbons (Fsp3) is 0.500. The Morgan fingerprint density at radius 1 is 1.39 bits per heavy atom. The summed E-state index contributed by atoms with van der Waals surface area (Å²) in [7, 11) is 2.04. The van der Waals surface area contributed by atoms with Crippen molar-refractivity contribution in [3.05, 3.63) is 35.4 Å². The Labute approximate surface area is 108 Å². The fourth-order valence-electron chi connectivity index (χ4n) is 1.61. The molecule has 0 aliphatic carbocycles. The van der Waals surface area contributed by atoms with Gasteiger partial charge in [0, 0.05) is 19.2 Å². The highest BCUT2D eigenvalue weighted by atomic mass is 16.5. The molecule has 1 aromatic rings. The van der Waals surface area contributed by atoms with Crippen LogP contribution in [0.1, 0.15) is 29.8 Å². The van der Waals surface area contributed by atoms with E-state index in [1.54, 1.807) is 12.1 Å². The van der Waals surface area contributed by atoms with Gasteiger partial charge < -0.3 is 9.84 Å². The van der Waals surface area contributed by atoms with Gasteiger partial charge in [-0.05, 0) is 38.6 Å². The maximum absolute atomic E-state index is 10.7. The maximum atomic E-state index is 10.7. The largest absolute Gasteiger partial charge is 0.478 e. The van der Waals surface area contributed by atoms with Gasteiger partial charge in [-0.3, -0.25) is 4.90 Å². The number of benzene rings is 1. The lowest BCUT2D eigenvalue weighted by atomic mass is 10.1. The second kappa shape index (κ2) is 7.13. The number of rotatable bonds is 7. The van der Waals surface area contributed by atoms with Gasteiger partial charge in [-0.25, -0.2) is 4.79 Å². The Kier molecular flexibility index (Phi) is 5.82. The van der Waals surface area contributed by atoms with Gasteiger partial charge in [0.05, 0.1) is 12.2 Å². The Morgan fingerprint density at radius 3 is 2.50 bits per heavy atom. The zero-order valence-electron chi connectivity index (χ0n) is 11.2. The summed E-state index contributed by atoms with van der Waals surface area (Å²) in [6, 6.07) is 7.32. The number of ether oxygens (including phenoxy) is 1. The normalized spacial score (nSPS) is 12.7. The van der Waals surface area contributed by atoms with Crippen molar-refractivity contribution in [2.45, 2.75) is 26.4 Å². The quantitative estimate of drug-likeness (QED) is 0.807. The van der Waals surface area contributed by atoms with Crippen LogP contribution in [0.2, 0.25) is 0 Å². The standard InChI is InChI=1S/C14H21NO3/c1-4-18-10-11(2)15(3)9-12-5-7-13(8-6-12)14(16)17/h5-8,11H,4,9-10H2,1-3H3,(H,16,17). The first-order chi connectivity index (χ1) is 8.54. The number of hydrogen-bond acceptors (Lipinski definition) is 3. The van der Waals surface area contributed by atoms with E-state index in [1.807, 2.05) is 26.1 Å². The lowest BCUT2D eigenvalue weighted by Gasteiger charge is -2.24. The second-order valence-electron chi connectivity index (χ2n) is 4.43. The molecule has 0 amide bonds. The number of aromatic carboxylic acids is 1. The summed E-state index contributed by atoms with van der Waals surface area (Å²) in [6.07, 6.45) is 0. The SMILES string of the molecule is CCOCC(C)N(C)Cc1ccc(C(=O)O)cc1. The Hall–Kier alpha value is -1.39. The highest BCUT2D eigenvalue weighted by Gasteiger charge is 2.10.